The third-order valence-electron chi connectivity index (χ3n) is 5.65. The van der Waals surface area contributed by atoms with Crippen LogP contribution in [0.5, 0.6) is 0 Å². The summed E-state index contributed by atoms with van der Waals surface area (Å²) in [5.41, 5.74) is -0.608. The maximum atomic E-state index is 13.1. The number of rotatable bonds is 2. The SMILES string of the molecule is CC1C(=O)NC2(CCCC2)C(=O)N1C(C)C1CCOCC1. The fraction of sp³-hybridized carbons (Fsp3) is 0.875. The van der Waals surface area contributed by atoms with Gasteiger partial charge in [0, 0.05) is 19.3 Å². The monoisotopic (exact) mass is 294 g/mol. The molecule has 0 aromatic rings. The molecule has 1 saturated carbocycles. The van der Waals surface area contributed by atoms with Crippen LogP contribution in [-0.2, 0) is 14.3 Å². The van der Waals surface area contributed by atoms with Crippen molar-refractivity contribution in [3.05, 3.63) is 0 Å². The Morgan fingerprint density at radius 3 is 2.48 bits per heavy atom. The van der Waals surface area contributed by atoms with Gasteiger partial charge in [-0.25, -0.2) is 0 Å². The highest BCUT2D eigenvalue weighted by Gasteiger charge is 2.52. The molecule has 1 aliphatic carbocycles. The van der Waals surface area contributed by atoms with Crippen molar-refractivity contribution in [2.75, 3.05) is 13.2 Å². The van der Waals surface area contributed by atoms with Crippen LogP contribution in [0.4, 0.5) is 0 Å². The quantitative estimate of drug-likeness (QED) is 0.839. The first-order valence-electron chi connectivity index (χ1n) is 8.28. The van der Waals surface area contributed by atoms with Crippen LogP contribution in [0, 0.1) is 5.92 Å². The first kappa shape index (κ1) is 14.8. The molecule has 0 radical (unpaired) electrons. The van der Waals surface area contributed by atoms with Crippen molar-refractivity contribution in [1.29, 1.82) is 0 Å². The first-order valence-corrected chi connectivity index (χ1v) is 8.28. The first-order chi connectivity index (χ1) is 10.1. The summed E-state index contributed by atoms with van der Waals surface area (Å²) < 4.78 is 5.42. The van der Waals surface area contributed by atoms with Crippen LogP contribution in [0.3, 0.4) is 0 Å². The van der Waals surface area contributed by atoms with Crippen molar-refractivity contribution in [3.63, 3.8) is 0 Å². The van der Waals surface area contributed by atoms with E-state index in [4.69, 9.17) is 4.74 Å². The van der Waals surface area contributed by atoms with Gasteiger partial charge in [0.05, 0.1) is 0 Å². The molecule has 118 valence electrons. The zero-order valence-electron chi connectivity index (χ0n) is 13.1. The summed E-state index contributed by atoms with van der Waals surface area (Å²) >= 11 is 0. The Balaban J connectivity index is 1.83. The molecule has 1 N–H and O–H groups in total. The van der Waals surface area contributed by atoms with Crippen molar-refractivity contribution in [2.45, 2.75) is 70.0 Å². The van der Waals surface area contributed by atoms with E-state index in [1.165, 1.54) is 0 Å². The summed E-state index contributed by atoms with van der Waals surface area (Å²) in [6.45, 7) is 5.49. The number of piperazine rings is 1. The van der Waals surface area contributed by atoms with Gasteiger partial charge in [0.15, 0.2) is 0 Å². The number of nitrogens with one attached hydrogen (secondary N) is 1. The topological polar surface area (TPSA) is 58.6 Å². The number of nitrogens with zero attached hydrogens (tertiary/aromatic N) is 1. The van der Waals surface area contributed by atoms with E-state index in [9.17, 15) is 9.59 Å². The summed E-state index contributed by atoms with van der Waals surface area (Å²) in [4.78, 5) is 27.3. The van der Waals surface area contributed by atoms with E-state index >= 15 is 0 Å². The zero-order valence-corrected chi connectivity index (χ0v) is 13.1. The molecule has 0 bridgehead atoms. The summed E-state index contributed by atoms with van der Waals surface area (Å²) in [5.74, 6) is 0.594. The number of amides is 2. The fourth-order valence-corrected chi connectivity index (χ4v) is 4.22. The van der Waals surface area contributed by atoms with E-state index in [0.29, 0.717) is 5.92 Å². The van der Waals surface area contributed by atoms with Crippen LogP contribution in [0.2, 0.25) is 0 Å². The van der Waals surface area contributed by atoms with Gasteiger partial charge < -0.3 is 15.0 Å². The average molecular weight is 294 g/mol. The zero-order chi connectivity index (χ0) is 15.0. The van der Waals surface area contributed by atoms with Gasteiger partial charge in [0.25, 0.3) is 0 Å². The van der Waals surface area contributed by atoms with E-state index in [1.807, 2.05) is 11.8 Å². The lowest BCUT2D eigenvalue weighted by atomic mass is 9.85. The van der Waals surface area contributed by atoms with Crippen LogP contribution in [0.1, 0.15) is 52.4 Å². The Kier molecular flexibility index (Phi) is 3.95. The number of hydrogen-bond donors (Lipinski definition) is 1. The molecule has 3 aliphatic rings. The van der Waals surface area contributed by atoms with Crippen LogP contribution in [0.15, 0.2) is 0 Å². The second-order valence-electron chi connectivity index (χ2n) is 6.86. The number of carbonyl (C=O) groups excluding carboxylic acids is 2. The van der Waals surface area contributed by atoms with Gasteiger partial charge >= 0.3 is 0 Å². The van der Waals surface area contributed by atoms with Crippen LogP contribution in [-0.4, -0.2) is 47.6 Å². The molecule has 3 fully saturated rings. The lowest BCUT2D eigenvalue weighted by Gasteiger charge is -2.48. The van der Waals surface area contributed by atoms with E-state index in [-0.39, 0.29) is 23.9 Å². The van der Waals surface area contributed by atoms with Gasteiger partial charge in [0.1, 0.15) is 11.6 Å². The van der Waals surface area contributed by atoms with Crippen LogP contribution >= 0.6 is 0 Å². The molecule has 2 unspecified atom stereocenters. The van der Waals surface area contributed by atoms with Crippen molar-refractivity contribution in [1.82, 2.24) is 10.2 Å². The molecule has 21 heavy (non-hydrogen) atoms. The molecular weight excluding hydrogens is 268 g/mol. The Morgan fingerprint density at radius 1 is 1.24 bits per heavy atom. The lowest BCUT2D eigenvalue weighted by Crippen LogP contribution is -2.71. The predicted octanol–water partition coefficient (Wildman–Crippen LogP) is 1.46. The van der Waals surface area contributed by atoms with Crippen molar-refractivity contribution >= 4 is 11.8 Å². The molecule has 2 aliphatic heterocycles. The second-order valence-corrected chi connectivity index (χ2v) is 6.86. The number of hydrogen-bond acceptors (Lipinski definition) is 3. The molecule has 0 aromatic heterocycles. The van der Waals surface area contributed by atoms with E-state index in [2.05, 4.69) is 12.2 Å². The van der Waals surface area contributed by atoms with Gasteiger partial charge in [-0.1, -0.05) is 12.8 Å². The molecule has 2 amide bonds. The minimum atomic E-state index is -0.608. The molecule has 2 atom stereocenters. The second kappa shape index (κ2) is 5.59. The van der Waals surface area contributed by atoms with E-state index in [1.54, 1.807) is 0 Å². The van der Waals surface area contributed by atoms with Gasteiger partial charge in [-0.2, -0.15) is 0 Å². The molecule has 1 spiro atoms. The highest BCUT2D eigenvalue weighted by Crippen LogP contribution is 2.37. The third kappa shape index (κ3) is 2.45. The molecule has 5 nitrogen and oxygen atoms in total. The summed E-state index contributed by atoms with van der Waals surface area (Å²) in [5, 5.41) is 3.02. The van der Waals surface area contributed by atoms with Crippen molar-refractivity contribution in [2.24, 2.45) is 5.92 Å². The highest BCUT2D eigenvalue weighted by atomic mass is 16.5. The van der Waals surface area contributed by atoms with Crippen molar-refractivity contribution in [3.8, 4) is 0 Å². The highest BCUT2D eigenvalue weighted by molar-refractivity contribution is 6.00. The minimum absolute atomic E-state index is 0.00964. The van der Waals surface area contributed by atoms with Gasteiger partial charge in [-0.15, -0.1) is 0 Å². The minimum Gasteiger partial charge on any atom is -0.381 e. The number of carbonyl (C=O) groups is 2. The maximum Gasteiger partial charge on any atom is 0.249 e. The van der Waals surface area contributed by atoms with Gasteiger partial charge in [-0.05, 0) is 45.4 Å². The lowest BCUT2D eigenvalue weighted by molar-refractivity contribution is -0.158. The normalized spacial score (nSPS) is 31.5. The third-order valence-corrected chi connectivity index (χ3v) is 5.65. The van der Waals surface area contributed by atoms with Gasteiger partial charge in [-0.3, -0.25) is 9.59 Å². The Labute approximate surface area is 126 Å². The maximum absolute atomic E-state index is 13.1. The average Bonchev–Trinajstić information content (AvgIpc) is 2.96. The summed E-state index contributed by atoms with van der Waals surface area (Å²) in [6.07, 6.45) is 5.60. The fourth-order valence-electron chi connectivity index (χ4n) is 4.22. The standard InChI is InChI=1S/C16H26N2O3/c1-11(13-5-9-21-10-6-13)18-12(2)14(19)17-16(15(18)20)7-3-4-8-16/h11-13H,3-10H2,1-2H3,(H,17,19). The molecule has 5 heteroatoms. The van der Waals surface area contributed by atoms with Crippen LogP contribution < -0.4 is 5.32 Å². The Hall–Kier alpha value is -1.10. The van der Waals surface area contributed by atoms with Crippen molar-refractivity contribution < 1.29 is 14.3 Å². The summed E-state index contributed by atoms with van der Waals surface area (Å²) in [7, 11) is 0. The van der Waals surface area contributed by atoms with Crippen LogP contribution in [0.25, 0.3) is 0 Å². The molecule has 3 rings (SSSR count). The van der Waals surface area contributed by atoms with E-state index < -0.39 is 5.54 Å². The Morgan fingerprint density at radius 2 is 1.86 bits per heavy atom. The largest absolute Gasteiger partial charge is 0.381 e. The molecular formula is C16H26N2O3. The molecule has 0 aromatic carbocycles. The molecule has 2 saturated heterocycles. The smallest absolute Gasteiger partial charge is 0.249 e. The summed E-state index contributed by atoms with van der Waals surface area (Å²) in [6, 6.07) is -0.249. The Bertz CT molecular complexity index is 425. The van der Waals surface area contributed by atoms with Gasteiger partial charge in [0.2, 0.25) is 11.8 Å². The van der Waals surface area contributed by atoms with E-state index in [0.717, 1.165) is 51.7 Å². The molecule has 2 heterocycles. The number of ether oxygens (including phenoxy) is 1. The predicted molar refractivity (Wildman–Crippen MR) is 78.7 cm³/mol.